The summed E-state index contributed by atoms with van der Waals surface area (Å²) in [5.41, 5.74) is -0.611. The van der Waals surface area contributed by atoms with E-state index < -0.39 is 17.4 Å². The molecule has 0 aromatic heterocycles. The zero-order chi connectivity index (χ0) is 15.2. The molecule has 0 radical (unpaired) electrons. The minimum absolute atomic E-state index is 0.0225. The van der Waals surface area contributed by atoms with Crippen LogP contribution in [0.2, 0.25) is 0 Å². The van der Waals surface area contributed by atoms with E-state index in [9.17, 15) is 9.59 Å². The van der Waals surface area contributed by atoms with Crippen LogP contribution in [-0.2, 0) is 19.1 Å². The molecule has 3 rings (SSSR count). The Kier molecular flexibility index (Phi) is 3.56. The van der Waals surface area contributed by atoms with Crippen molar-refractivity contribution >= 4 is 11.9 Å². The number of esters is 1. The van der Waals surface area contributed by atoms with Crippen molar-refractivity contribution in [2.75, 3.05) is 13.2 Å². The molecule has 116 valence electrons. The summed E-state index contributed by atoms with van der Waals surface area (Å²) in [7, 11) is 0. The molecule has 0 saturated carbocycles. The van der Waals surface area contributed by atoms with E-state index in [0.29, 0.717) is 13.2 Å². The van der Waals surface area contributed by atoms with Crippen molar-refractivity contribution in [1.29, 1.82) is 0 Å². The molecule has 0 aromatic carbocycles. The van der Waals surface area contributed by atoms with Crippen LogP contribution in [0, 0.1) is 11.8 Å². The van der Waals surface area contributed by atoms with Gasteiger partial charge in [0.15, 0.2) is 0 Å². The second kappa shape index (κ2) is 5.13. The number of amides is 1. The Morgan fingerprint density at radius 3 is 3.00 bits per heavy atom. The van der Waals surface area contributed by atoms with Gasteiger partial charge in [-0.3, -0.25) is 9.59 Å². The number of hydrogen-bond donors (Lipinski definition) is 0. The predicted molar refractivity (Wildman–Crippen MR) is 76.4 cm³/mol. The van der Waals surface area contributed by atoms with Crippen LogP contribution in [-0.4, -0.2) is 47.7 Å². The van der Waals surface area contributed by atoms with Crippen LogP contribution in [0.5, 0.6) is 0 Å². The monoisotopic (exact) mass is 293 g/mol. The molecule has 5 heteroatoms. The molecular formula is C16H23NO4. The molecule has 0 N–H and O–H groups in total. The molecule has 3 aliphatic heterocycles. The van der Waals surface area contributed by atoms with Crippen molar-refractivity contribution < 1.29 is 19.1 Å². The highest BCUT2D eigenvalue weighted by Crippen LogP contribution is 2.52. The van der Waals surface area contributed by atoms with Gasteiger partial charge in [0.05, 0.1) is 25.2 Å². The van der Waals surface area contributed by atoms with Crippen molar-refractivity contribution in [3.63, 3.8) is 0 Å². The highest BCUT2D eigenvalue weighted by molar-refractivity contribution is 5.91. The summed E-state index contributed by atoms with van der Waals surface area (Å²) >= 11 is 0. The standard InChI is InChI=1S/C16H23NO4/c1-4-5-8-20-15(19)12-11-6-7-16(21-11)9-17(10(2)3)14(18)13(12)16/h6-7,10-13H,4-5,8-9H2,1-3H3/t11-,12-,13-,16+/m1/s1. The first-order chi connectivity index (χ1) is 10.00. The van der Waals surface area contributed by atoms with Crippen LogP contribution >= 0.6 is 0 Å². The van der Waals surface area contributed by atoms with E-state index in [1.165, 1.54) is 0 Å². The predicted octanol–water partition coefficient (Wildman–Crippen LogP) is 1.52. The molecule has 3 aliphatic rings. The molecule has 0 aromatic rings. The minimum Gasteiger partial charge on any atom is -0.465 e. The molecule has 5 nitrogen and oxygen atoms in total. The van der Waals surface area contributed by atoms with Gasteiger partial charge in [0.2, 0.25) is 5.91 Å². The Hall–Kier alpha value is -1.36. The molecule has 0 aliphatic carbocycles. The number of ether oxygens (including phenoxy) is 2. The number of carbonyl (C=O) groups excluding carboxylic acids is 2. The normalized spacial score (nSPS) is 36.7. The van der Waals surface area contributed by atoms with Gasteiger partial charge in [0.25, 0.3) is 0 Å². The van der Waals surface area contributed by atoms with Gasteiger partial charge in [-0.05, 0) is 20.3 Å². The zero-order valence-electron chi connectivity index (χ0n) is 12.9. The molecule has 21 heavy (non-hydrogen) atoms. The van der Waals surface area contributed by atoms with Gasteiger partial charge in [0, 0.05) is 6.04 Å². The van der Waals surface area contributed by atoms with Gasteiger partial charge in [-0.15, -0.1) is 0 Å². The van der Waals surface area contributed by atoms with Gasteiger partial charge in [-0.25, -0.2) is 0 Å². The van der Waals surface area contributed by atoms with Gasteiger partial charge in [-0.2, -0.15) is 0 Å². The summed E-state index contributed by atoms with van der Waals surface area (Å²) in [6.07, 6.45) is 5.41. The van der Waals surface area contributed by atoms with Crippen LogP contribution in [0.4, 0.5) is 0 Å². The van der Waals surface area contributed by atoms with E-state index in [1.807, 2.05) is 37.8 Å². The van der Waals surface area contributed by atoms with Crippen molar-refractivity contribution in [2.45, 2.75) is 51.4 Å². The number of likely N-dealkylation sites (tertiary alicyclic amines) is 1. The van der Waals surface area contributed by atoms with Crippen LogP contribution in [0.3, 0.4) is 0 Å². The fraction of sp³-hybridized carbons (Fsp3) is 0.750. The molecule has 2 bridgehead atoms. The molecule has 0 unspecified atom stereocenters. The third-order valence-electron chi connectivity index (χ3n) is 4.77. The third kappa shape index (κ3) is 2.09. The van der Waals surface area contributed by atoms with Gasteiger partial charge >= 0.3 is 5.97 Å². The maximum absolute atomic E-state index is 12.7. The zero-order valence-corrected chi connectivity index (χ0v) is 12.9. The maximum atomic E-state index is 12.7. The average Bonchev–Trinajstić information content (AvgIpc) is 3.07. The Morgan fingerprint density at radius 2 is 2.33 bits per heavy atom. The highest BCUT2D eigenvalue weighted by atomic mass is 16.6. The number of fused-ring (bicyclic) bond motifs is 1. The minimum atomic E-state index is -0.611. The van der Waals surface area contributed by atoms with E-state index in [0.717, 1.165) is 12.8 Å². The summed E-state index contributed by atoms with van der Waals surface area (Å²) in [6, 6.07) is 0.116. The van der Waals surface area contributed by atoms with Crippen molar-refractivity contribution in [3.8, 4) is 0 Å². The number of rotatable bonds is 5. The summed E-state index contributed by atoms with van der Waals surface area (Å²) in [5.74, 6) is -1.16. The SMILES string of the molecule is CCCCOC(=O)[C@@H]1[C@H]2C=C[C@@]3(CN(C(C)C)C(=O)[C@@H]13)O2. The Labute approximate surface area is 125 Å². The Bertz CT molecular complexity index is 487. The van der Waals surface area contributed by atoms with E-state index in [1.54, 1.807) is 0 Å². The number of unbranched alkanes of at least 4 members (excludes halogenated alkanes) is 1. The summed E-state index contributed by atoms with van der Waals surface area (Å²) in [6.45, 7) is 6.98. The summed E-state index contributed by atoms with van der Waals surface area (Å²) < 4.78 is 11.3. The lowest BCUT2D eigenvalue weighted by Gasteiger charge is -2.24. The first-order valence-corrected chi connectivity index (χ1v) is 7.84. The number of nitrogens with zero attached hydrogens (tertiary/aromatic N) is 1. The third-order valence-corrected chi connectivity index (χ3v) is 4.77. The lowest BCUT2D eigenvalue weighted by molar-refractivity contribution is -0.154. The van der Waals surface area contributed by atoms with E-state index >= 15 is 0 Å². The molecule has 4 atom stereocenters. The van der Waals surface area contributed by atoms with E-state index in [2.05, 4.69) is 0 Å². The molecule has 2 fully saturated rings. The van der Waals surface area contributed by atoms with Gasteiger partial charge in [0.1, 0.15) is 11.5 Å². The van der Waals surface area contributed by atoms with E-state index in [4.69, 9.17) is 9.47 Å². The van der Waals surface area contributed by atoms with Crippen LogP contribution < -0.4 is 0 Å². The highest BCUT2D eigenvalue weighted by Gasteiger charge is 2.67. The van der Waals surface area contributed by atoms with Crippen molar-refractivity contribution in [2.24, 2.45) is 11.8 Å². The quantitative estimate of drug-likeness (QED) is 0.438. The average molecular weight is 293 g/mol. The van der Waals surface area contributed by atoms with Crippen molar-refractivity contribution in [3.05, 3.63) is 12.2 Å². The topological polar surface area (TPSA) is 55.8 Å². The van der Waals surface area contributed by atoms with Crippen LogP contribution in [0.1, 0.15) is 33.6 Å². The fourth-order valence-electron chi connectivity index (χ4n) is 3.65. The lowest BCUT2D eigenvalue weighted by Crippen LogP contribution is -2.40. The van der Waals surface area contributed by atoms with Crippen molar-refractivity contribution in [1.82, 2.24) is 4.90 Å². The fourth-order valence-corrected chi connectivity index (χ4v) is 3.65. The largest absolute Gasteiger partial charge is 0.465 e. The molecular weight excluding hydrogens is 270 g/mol. The first-order valence-electron chi connectivity index (χ1n) is 7.84. The van der Waals surface area contributed by atoms with E-state index in [-0.39, 0.29) is 24.0 Å². The molecule has 2 saturated heterocycles. The second-order valence-electron chi connectivity index (χ2n) is 6.48. The van der Waals surface area contributed by atoms with Crippen LogP contribution in [0.25, 0.3) is 0 Å². The molecule has 1 spiro atoms. The number of hydrogen-bond acceptors (Lipinski definition) is 4. The lowest BCUT2D eigenvalue weighted by atomic mass is 9.77. The van der Waals surface area contributed by atoms with Crippen LogP contribution in [0.15, 0.2) is 12.2 Å². The van der Waals surface area contributed by atoms with Gasteiger partial charge < -0.3 is 14.4 Å². The second-order valence-corrected chi connectivity index (χ2v) is 6.48. The van der Waals surface area contributed by atoms with Gasteiger partial charge in [-0.1, -0.05) is 25.5 Å². The molecule has 3 heterocycles. The summed E-state index contributed by atoms with van der Waals surface area (Å²) in [5, 5.41) is 0. The first kappa shape index (κ1) is 14.6. The Morgan fingerprint density at radius 1 is 1.57 bits per heavy atom. The maximum Gasteiger partial charge on any atom is 0.312 e. The molecule has 1 amide bonds. The summed E-state index contributed by atoms with van der Waals surface area (Å²) in [4.78, 5) is 26.8. The smallest absolute Gasteiger partial charge is 0.312 e. The Balaban J connectivity index is 1.79. The number of carbonyl (C=O) groups is 2.